The van der Waals surface area contributed by atoms with Gasteiger partial charge < -0.3 is 10.8 Å². The van der Waals surface area contributed by atoms with Crippen molar-refractivity contribution in [2.24, 2.45) is 5.73 Å². The van der Waals surface area contributed by atoms with Crippen molar-refractivity contribution < 1.29 is 9.90 Å². The number of rotatable bonds is 3. The van der Waals surface area contributed by atoms with Crippen LogP contribution in [0.2, 0.25) is 0 Å². The number of nitrogens with two attached hydrogens (primary N) is 1. The van der Waals surface area contributed by atoms with Gasteiger partial charge in [0.2, 0.25) is 0 Å². The number of carbonyl (C=O) groups excluding carboxylic acids is 1. The highest BCUT2D eigenvalue weighted by Crippen LogP contribution is 2.20. The van der Waals surface area contributed by atoms with Gasteiger partial charge in [0, 0.05) is 0 Å². The van der Waals surface area contributed by atoms with E-state index in [1.54, 1.807) is 6.07 Å². The lowest BCUT2D eigenvalue weighted by molar-refractivity contribution is -0.118. The van der Waals surface area contributed by atoms with E-state index in [1.165, 1.54) is 6.92 Å². The van der Waals surface area contributed by atoms with Crippen molar-refractivity contribution in [2.45, 2.75) is 26.5 Å². The van der Waals surface area contributed by atoms with E-state index in [0.29, 0.717) is 0 Å². The SMILES string of the molecule is CC(=O)C(N)c1cccc(C)c1CO. The molecule has 0 bridgehead atoms. The van der Waals surface area contributed by atoms with Gasteiger partial charge in [-0.1, -0.05) is 18.2 Å². The Morgan fingerprint density at radius 1 is 1.57 bits per heavy atom. The van der Waals surface area contributed by atoms with E-state index in [-0.39, 0.29) is 12.4 Å². The van der Waals surface area contributed by atoms with Crippen LogP contribution in [0.1, 0.15) is 29.7 Å². The molecule has 3 heteroatoms. The summed E-state index contributed by atoms with van der Waals surface area (Å²) >= 11 is 0. The average Bonchev–Trinajstić information content (AvgIpc) is 2.16. The van der Waals surface area contributed by atoms with Gasteiger partial charge >= 0.3 is 0 Å². The fourth-order valence-electron chi connectivity index (χ4n) is 1.45. The van der Waals surface area contributed by atoms with Crippen LogP contribution in [-0.2, 0) is 11.4 Å². The third-order valence-corrected chi connectivity index (χ3v) is 2.38. The van der Waals surface area contributed by atoms with Gasteiger partial charge in [0.25, 0.3) is 0 Å². The van der Waals surface area contributed by atoms with E-state index >= 15 is 0 Å². The van der Waals surface area contributed by atoms with E-state index in [4.69, 9.17) is 10.8 Å². The van der Waals surface area contributed by atoms with Crippen molar-refractivity contribution in [3.8, 4) is 0 Å². The number of ketones is 1. The average molecular weight is 193 g/mol. The number of carbonyl (C=O) groups is 1. The molecule has 0 saturated carbocycles. The zero-order valence-corrected chi connectivity index (χ0v) is 8.45. The number of hydrogen-bond donors (Lipinski definition) is 2. The molecule has 0 saturated heterocycles. The molecule has 76 valence electrons. The van der Waals surface area contributed by atoms with Crippen LogP contribution in [0.25, 0.3) is 0 Å². The first-order valence-corrected chi connectivity index (χ1v) is 4.53. The standard InChI is InChI=1S/C11H15NO2/c1-7-4-3-5-9(10(7)6-13)11(12)8(2)14/h3-5,11,13H,6,12H2,1-2H3. The van der Waals surface area contributed by atoms with Crippen molar-refractivity contribution in [3.63, 3.8) is 0 Å². The molecule has 14 heavy (non-hydrogen) atoms. The summed E-state index contributed by atoms with van der Waals surface area (Å²) in [7, 11) is 0. The molecule has 0 aliphatic rings. The molecule has 1 aromatic rings. The molecule has 1 atom stereocenters. The van der Waals surface area contributed by atoms with Crippen LogP contribution in [0.3, 0.4) is 0 Å². The third-order valence-electron chi connectivity index (χ3n) is 2.38. The molecular weight excluding hydrogens is 178 g/mol. The van der Waals surface area contributed by atoms with E-state index in [2.05, 4.69) is 0 Å². The zero-order chi connectivity index (χ0) is 10.7. The molecule has 1 rings (SSSR count). The quantitative estimate of drug-likeness (QED) is 0.755. The highest BCUT2D eigenvalue weighted by atomic mass is 16.3. The summed E-state index contributed by atoms with van der Waals surface area (Å²) in [6.45, 7) is 3.26. The zero-order valence-electron chi connectivity index (χ0n) is 8.45. The van der Waals surface area contributed by atoms with Crippen LogP contribution in [0.4, 0.5) is 0 Å². The van der Waals surface area contributed by atoms with Gasteiger partial charge in [0.15, 0.2) is 5.78 Å². The van der Waals surface area contributed by atoms with Gasteiger partial charge in [-0.2, -0.15) is 0 Å². The molecule has 0 aliphatic carbocycles. The van der Waals surface area contributed by atoms with Gasteiger partial charge in [0.1, 0.15) is 0 Å². The normalized spacial score (nSPS) is 12.6. The number of benzene rings is 1. The van der Waals surface area contributed by atoms with Crippen LogP contribution < -0.4 is 5.73 Å². The Morgan fingerprint density at radius 2 is 2.21 bits per heavy atom. The molecule has 3 N–H and O–H groups in total. The lowest BCUT2D eigenvalue weighted by Gasteiger charge is -2.14. The molecule has 0 aromatic heterocycles. The van der Waals surface area contributed by atoms with E-state index < -0.39 is 6.04 Å². The monoisotopic (exact) mass is 193 g/mol. The minimum Gasteiger partial charge on any atom is -0.392 e. The summed E-state index contributed by atoms with van der Waals surface area (Å²) in [5, 5.41) is 9.16. The van der Waals surface area contributed by atoms with Gasteiger partial charge in [-0.25, -0.2) is 0 Å². The lowest BCUT2D eigenvalue weighted by atomic mass is 9.95. The second kappa shape index (κ2) is 4.35. The number of aryl methyl sites for hydroxylation is 1. The maximum Gasteiger partial charge on any atom is 0.150 e. The number of aliphatic hydroxyl groups is 1. The van der Waals surface area contributed by atoms with Crippen LogP contribution >= 0.6 is 0 Å². The summed E-state index contributed by atoms with van der Waals surface area (Å²) in [5.74, 6) is -0.0923. The Balaban J connectivity index is 3.20. The second-order valence-electron chi connectivity index (χ2n) is 3.39. The van der Waals surface area contributed by atoms with Gasteiger partial charge in [-0.05, 0) is 30.5 Å². The first kappa shape index (κ1) is 10.9. The number of aliphatic hydroxyl groups excluding tert-OH is 1. The van der Waals surface area contributed by atoms with E-state index in [1.807, 2.05) is 19.1 Å². The molecule has 0 radical (unpaired) electrons. The van der Waals surface area contributed by atoms with Crippen molar-refractivity contribution >= 4 is 5.78 Å². The highest BCUT2D eigenvalue weighted by molar-refractivity contribution is 5.83. The Morgan fingerprint density at radius 3 is 2.71 bits per heavy atom. The van der Waals surface area contributed by atoms with Crippen LogP contribution in [0.15, 0.2) is 18.2 Å². The molecule has 0 aliphatic heterocycles. The van der Waals surface area contributed by atoms with Crippen molar-refractivity contribution in [2.75, 3.05) is 0 Å². The summed E-state index contributed by atoms with van der Waals surface area (Å²) in [4.78, 5) is 11.1. The topological polar surface area (TPSA) is 63.3 Å². The molecule has 1 unspecified atom stereocenters. The van der Waals surface area contributed by atoms with Gasteiger partial charge in [0.05, 0.1) is 12.6 Å². The second-order valence-corrected chi connectivity index (χ2v) is 3.39. The summed E-state index contributed by atoms with van der Waals surface area (Å²) in [6, 6.07) is 4.89. The van der Waals surface area contributed by atoms with Crippen molar-refractivity contribution in [3.05, 3.63) is 34.9 Å². The highest BCUT2D eigenvalue weighted by Gasteiger charge is 2.15. The molecule has 0 fully saturated rings. The minimum atomic E-state index is -0.628. The minimum absolute atomic E-state index is 0.0804. The molecule has 0 spiro atoms. The lowest BCUT2D eigenvalue weighted by Crippen LogP contribution is -2.20. The predicted octanol–water partition coefficient (Wildman–Crippen LogP) is 1.08. The molecule has 1 aromatic carbocycles. The Kier molecular flexibility index (Phi) is 3.38. The largest absolute Gasteiger partial charge is 0.392 e. The first-order chi connectivity index (χ1) is 6.57. The summed E-state index contributed by atoms with van der Waals surface area (Å²) in [5.41, 5.74) is 8.16. The first-order valence-electron chi connectivity index (χ1n) is 4.53. The molecule has 0 heterocycles. The maximum atomic E-state index is 11.1. The molecular formula is C11H15NO2. The predicted molar refractivity (Wildman–Crippen MR) is 54.7 cm³/mol. The fraction of sp³-hybridized carbons (Fsp3) is 0.364. The number of Topliss-reactive ketones (excluding diaryl/α,β-unsaturated/α-hetero) is 1. The van der Waals surface area contributed by atoms with Crippen molar-refractivity contribution in [1.29, 1.82) is 0 Å². The molecule has 3 nitrogen and oxygen atoms in total. The molecule has 0 amide bonds. The van der Waals surface area contributed by atoms with Crippen molar-refractivity contribution in [1.82, 2.24) is 0 Å². The summed E-state index contributed by atoms with van der Waals surface area (Å²) < 4.78 is 0. The van der Waals surface area contributed by atoms with Crippen LogP contribution in [0.5, 0.6) is 0 Å². The fourth-order valence-corrected chi connectivity index (χ4v) is 1.45. The Labute approximate surface area is 83.6 Å². The Bertz CT molecular complexity index is 347. The number of hydrogen-bond acceptors (Lipinski definition) is 3. The Hall–Kier alpha value is -1.19. The van der Waals surface area contributed by atoms with Gasteiger partial charge in [-0.15, -0.1) is 0 Å². The van der Waals surface area contributed by atoms with E-state index in [0.717, 1.165) is 16.7 Å². The third kappa shape index (κ3) is 2.00. The van der Waals surface area contributed by atoms with E-state index in [9.17, 15) is 4.79 Å². The van der Waals surface area contributed by atoms with Gasteiger partial charge in [-0.3, -0.25) is 4.79 Å². The maximum absolute atomic E-state index is 11.1. The van der Waals surface area contributed by atoms with Crippen LogP contribution in [0, 0.1) is 6.92 Å². The van der Waals surface area contributed by atoms with Crippen LogP contribution in [-0.4, -0.2) is 10.9 Å². The smallest absolute Gasteiger partial charge is 0.150 e. The summed E-state index contributed by atoms with van der Waals surface area (Å²) in [6.07, 6.45) is 0.